The lowest BCUT2D eigenvalue weighted by molar-refractivity contribution is -0.385. The Labute approximate surface area is 183 Å². The number of hydrogen-bond acceptors (Lipinski definition) is 6. The Morgan fingerprint density at radius 3 is 2.62 bits per heavy atom. The monoisotopic (exact) mass is 426 g/mol. The van der Waals surface area contributed by atoms with Crippen molar-refractivity contribution in [2.24, 2.45) is 0 Å². The van der Waals surface area contributed by atoms with Crippen molar-refractivity contribution >= 4 is 28.3 Å². The van der Waals surface area contributed by atoms with Crippen LogP contribution in [0.5, 0.6) is 0 Å². The molecule has 0 bridgehead atoms. The van der Waals surface area contributed by atoms with Crippen LogP contribution in [-0.2, 0) is 0 Å². The second-order valence-corrected chi connectivity index (χ2v) is 7.43. The van der Waals surface area contributed by atoms with E-state index in [1.165, 1.54) is 35.1 Å². The van der Waals surface area contributed by atoms with Gasteiger partial charge in [0.15, 0.2) is 11.6 Å². The summed E-state index contributed by atoms with van der Waals surface area (Å²) >= 11 is 0. The molecule has 158 valence electrons. The van der Waals surface area contributed by atoms with Crippen molar-refractivity contribution in [3.8, 4) is 11.9 Å². The summed E-state index contributed by atoms with van der Waals surface area (Å²) in [5, 5.41) is 28.7. The highest BCUT2D eigenvalue weighted by Gasteiger charge is 2.23. The molecule has 0 atom stereocenters. The Kier molecular flexibility index (Phi) is 5.12. The molecule has 2 aromatic carbocycles. The summed E-state index contributed by atoms with van der Waals surface area (Å²) in [6, 6.07) is 13.5. The summed E-state index contributed by atoms with van der Waals surface area (Å²) in [6.45, 7) is 5.93. The normalized spacial score (nSPS) is 10.7. The number of pyridine rings is 1. The van der Waals surface area contributed by atoms with Gasteiger partial charge in [0.25, 0.3) is 11.6 Å². The van der Waals surface area contributed by atoms with Crippen LogP contribution in [0.3, 0.4) is 0 Å². The number of hydrogen-bond donors (Lipinski definition) is 1. The second kappa shape index (κ2) is 7.92. The van der Waals surface area contributed by atoms with Crippen molar-refractivity contribution in [2.45, 2.75) is 20.8 Å². The molecule has 9 nitrogen and oxygen atoms in total. The van der Waals surface area contributed by atoms with Gasteiger partial charge in [0.1, 0.15) is 17.2 Å². The molecule has 0 aliphatic rings. The molecule has 0 aliphatic heterocycles. The van der Waals surface area contributed by atoms with Crippen LogP contribution in [0.25, 0.3) is 16.7 Å². The number of nitrogens with one attached hydrogen (secondary N) is 1. The van der Waals surface area contributed by atoms with Gasteiger partial charge < -0.3 is 5.32 Å². The highest BCUT2D eigenvalue weighted by atomic mass is 16.6. The predicted octanol–water partition coefficient (Wildman–Crippen LogP) is 4.38. The lowest BCUT2D eigenvalue weighted by Gasteiger charge is -2.13. The molecule has 0 saturated carbocycles. The first-order valence-corrected chi connectivity index (χ1v) is 9.72. The van der Waals surface area contributed by atoms with Gasteiger partial charge in [-0.2, -0.15) is 15.0 Å². The first kappa shape index (κ1) is 20.7. The summed E-state index contributed by atoms with van der Waals surface area (Å²) < 4.78 is 1.36. The lowest BCUT2D eigenvalue weighted by atomic mass is 10.0. The molecular weight excluding hydrogens is 408 g/mol. The number of nitriles is 1. The van der Waals surface area contributed by atoms with E-state index in [0.29, 0.717) is 5.82 Å². The summed E-state index contributed by atoms with van der Waals surface area (Å²) in [7, 11) is 0. The Hall–Kier alpha value is -4.58. The van der Waals surface area contributed by atoms with Gasteiger partial charge in [0.2, 0.25) is 0 Å². The number of benzene rings is 2. The average Bonchev–Trinajstić information content (AvgIpc) is 3.16. The third kappa shape index (κ3) is 3.54. The molecule has 2 aromatic heterocycles. The van der Waals surface area contributed by atoms with Crippen LogP contribution < -0.4 is 5.32 Å². The Bertz CT molecular complexity index is 1450. The van der Waals surface area contributed by atoms with Crippen LogP contribution in [0.4, 0.5) is 11.5 Å². The van der Waals surface area contributed by atoms with E-state index >= 15 is 0 Å². The number of carbonyl (C=O) groups is 1. The standard InChI is InChI=1S/C23H18N6O3/c1-13-8-15(3)21-18(9-13)14(2)10-20(26-21)28-22(16(11-24)12-25-28)27-23(30)17-6-4-5-7-19(17)29(31)32/h4-10,12H,1-3H3,(H,27,30). The molecule has 9 heteroatoms. The predicted molar refractivity (Wildman–Crippen MR) is 119 cm³/mol. The maximum atomic E-state index is 12.9. The van der Waals surface area contributed by atoms with E-state index in [1.807, 2.05) is 39.0 Å². The van der Waals surface area contributed by atoms with Crippen molar-refractivity contribution < 1.29 is 9.72 Å². The van der Waals surface area contributed by atoms with Crippen LogP contribution >= 0.6 is 0 Å². The fourth-order valence-electron chi connectivity index (χ4n) is 3.66. The summed E-state index contributed by atoms with van der Waals surface area (Å²) in [5.74, 6) is -0.215. The van der Waals surface area contributed by atoms with Gasteiger partial charge in [-0.1, -0.05) is 23.8 Å². The van der Waals surface area contributed by atoms with Crippen molar-refractivity contribution in [3.05, 3.63) is 86.6 Å². The van der Waals surface area contributed by atoms with Crippen LogP contribution in [0.1, 0.15) is 32.6 Å². The number of anilines is 1. The third-order valence-corrected chi connectivity index (χ3v) is 5.13. The van der Waals surface area contributed by atoms with Gasteiger partial charge in [-0.25, -0.2) is 4.98 Å². The molecule has 4 aromatic rings. The zero-order valence-corrected chi connectivity index (χ0v) is 17.6. The number of carbonyl (C=O) groups excluding carboxylic acids is 1. The summed E-state index contributed by atoms with van der Waals surface area (Å²) in [4.78, 5) is 28.3. The molecule has 0 saturated heterocycles. The van der Waals surface area contributed by atoms with Crippen molar-refractivity contribution in [2.75, 3.05) is 5.32 Å². The molecule has 1 N–H and O–H groups in total. The number of nitro benzene ring substituents is 1. The van der Waals surface area contributed by atoms with E-state index in [9.17, 15) is 20.2 Å². The lowest BCUT2D eigenvalue weighted by Crippen LogP contribution is -2.17. The number of aryl methyl sites for hydroxylation is 3. The molecular formula is C23H18N6O3. The topological polar surface area (TPSA) is 127 Å². The largest absolute Gasteiger partial charge is 0.305 e. The Morgan fingerprint density at radius 1 is 1.16 bits per heavy atom. The molecule has 0 unspecified atom stereocenters. The number of nitrogens with zero attached hydrogens (tertiary/aromatic N) is 5. The highest BCUT2D eigenvalue weighted by molar-refractivity contribution is 6.07. The van der Waals surface area contributed by atoms with E-state index in [2.05, 4.69) is 16.5 Å². The smallest absolute Gasteiger partial charge is 0.282 e. The third-order valence-electron chi connectivity index (χ3n) is 5.13. The van der Waals surface area contributed by atoms with E-state index in [0.717, 1.165) is 27.6 Å². The first-order chi connectivity index (χ1) is 15.3. The maximum absolute atomic E-state index is 12.9. The van der Waals surface area contributed by atoms with Crippen molar-refractivity contribution in [1.82, 2.24) is 14.8 Å². The Morgan fingerprint density at radius 2 is 1.91 bits per heavy atom. The molecule has 0 radical (unpaired) electrons. The molecule has 1 amide bonds. The van der Waals surface area contributed by atoms with Gasteiger partial charge in [-0.05, 0) is 50.1 Å². The van der Waals surface area contributed by atoms with Crippen LogP contribution in [0.2, 0.25) is 0 Å². The SMILES string of the molecule is Cc1cc(C)c2nc(-n3ncc(C#N)c3NC(=O)c3ccccc3[N+](=O)[O-])cc(C)c2c1. The molecule has 4 rings (SSSR count). The van der Waals surface area contributed by atoms with Crippen molar-refractivity contribution in [3.63, 3.8) is 0 Å². The quantitative estimate of drug-likeness (QED) is 0.381. The minimum Gasteiger partial charge on any atom is -0.305 e. The number of fused-ring (bicyclic) bond motifs is 1. The number of aromatic nitrogens is 3. The first-order valence-electron chi connectivity index (χ1n) is 9.72. The van der Waals surface area contributed by atoms with E-state index in [4.69, 9.17) is 4.98 Å². The zero-order chi connectivity index (χ0) is 23.0. The van der Waals surface area contributed by atoms with Crippen molar-refractivity contribution in [1.29, 1.82) is 5.26 Å². The molecule has 0 aliphatic carbocycles. The summed E-state index contributed by atoms with van der Waals surface area (Å²) in [5.41, 5.74) is 3.51. The fourth-order valence-corrected chi connectivity index (χ4v) is 3.66. The molecule has 0 fully saturated rings. The summed E-state index contributed by atoms with van der Waals surface area (Å²) in [6.07, 6.45) is 1.32. The van der Waals surface area contributed by atoms with Gasteiger partial charge in [0.05, 0.1) is 16.6 Å². The number of para-hydroxylation sites is 1. The van der Waals surface area contributed by atoms with Gasteiger partial charge >= 0.3 is 0 Å². The minimum absolute atomic E-state index is 0.0895. The Balaban J connectivity index is 1.83. The number of rotatable bonds is 4. The number of amides is 1. The van der Waals surface area contributed by atoms with Crippen LogP contribution in [0, 0.1) is 42.2 Å². The van der Waals surface area contributed by atoms with Gasteiger partial charge in [-0.15, -0.1) is 0 Å². The molecule has 32 heavy (non-hydrogen) atoms. The second-order valence-electron chi connectivity index (χ2n) is 7.43. The van der Waals surface area contributed by atoms with E-state index in [1.54, 1.807) is 0 Å². The van der Waals surface area contributed by atoms with Gasteiger partial charge in [0, 0.05) is 11.5 Å². The maximum Gasteiger partial charge on any atom is 0.282 e. The average molecular weight is 426 g/mol. The molecule has 2 heterocycles. The van der Waals surface area contributed by atoms with Crippen LogP contribution in [0.15, 0.2) is 48.7 Å². The van der Waals surface area contributed by atoms with Gasteiger partial charge in [-0.3, -0.25) is 14.9 Å². The molecule has 0 spiro atoms. The van der Waals surface area contributed by atoms with E-state index in [-0.39, 0.29) is 22.6 Å². The minimum atomic E-state index is -0.722. The fraction of sp³-hybridized carbons (Fsp3) is 0.130. The number of nitro groups is 1. The van der Waals surface area contributed by atoms with Crippen LogP contribution in [-0.4, -0.2) is 25.6 Å². The van der Waals surface area contributed by atoms with E-state index < -0.39 is 10.8 Å². The zero-order valence-electron chi connectivity index (χ0n) is 17.6. The highest BCUT2D eigenvalue weighted by Crippen LogP contribution is 2.27.